The normalized spacial score (nSPS) is 25.1. The summed E-state index contributed by atoms with van der Waals surface area (Å²) in [6.07, 6.45) is 2.34. The number of rotatable bonds is 7. The van der Waals surface area contributed by atoms with Crippen molar-refractivity contribution in [3.05, 3.63) is 0 Å². The Morgan fingerprint density at radius 2 is 2.12 bits per heavy atom. The predicted octanol–water partition coefficient (Wildman–Crippen LogP) is 0.637. The number of methoxy groups -OCH3 is 1. The summed E-state index contributed by atoms with van der Waals surface area (Å²) >= 11 is 0. The molecular formula is C13H29N3O. The predicted molar refractivity (Wildman–Crippen MR) is 72.5 cm³/mol. The van der Waals surface area contributed by atoms with Crippen LogP contribution in [0.25, 0.3) is 0 Å². The standard InChI is InChI=1S/C13H29N3O/c1-5-14-12(7-6-10-17-4)13-11-15(2)8-9-16(13)3/h12-14H,5-11H2,1-4H3. The monoisotopic (exact) mass is 243 g/mol. The van der Waals surface area contributed by atoms with E-state index in [-0.39, 0.29) is 0 Å². The molecule has 0 spiro atoms. The second-order valence-corrected chi connectivity index (χ2v) is 5.11. The third-order valence-electron chi connectivity index (χ3n) is 3.69. The Hall–Kier alpha value is -0.160. The van der Waals surface area contributed by atoms with Crippen molar-refractivity contribution in [2.45, 2.75) is 31.8 Å². The molecule has 4 nitrogen and oxygen atoms in total. The van der Waals surface area contributed by atoms with Crippen LogP contribution in [0.3, 0.4) is 0 Å². The van der Waals surface area contributed by atoms with E-state index in [0.717, 1.165) is 19.6 Å². The summed E-state index contributed by atoms with van der Waals surface area (Å²) in [5.41, 5.74) is 0. The minimum absolute atomic E-state index is 0.586. The number of ether oxygens (including phenoxy) is 1. The second kappa shape index (κ2) is 8.03. The lowest BCUT2D eigenvalue weighted by Gasteiger charge is -2.42. The van der Waals surface area contributed by atoms with Gasteiger partial charge in [0.25, 0.3) is 0 Å². The zero-order valence-electron chi connectivity index (χ0n) is 11.9. The molecule has 0 aliphatic carbocycles. The SMILES string of the molecule is CCNC(CCCOC)C1CN(C)CCN1C. The van der Waals surface area contributed by atoms with Crippen LogP contribution in [0.2, 0.25) is 0 Å². The molecule has 0 aromatic carbocycles. The third-order valence-corrected chi connectivity index (χ3v) is 3.69. The van der Waals surface area contributed by atoms with E-state index >= 15 is 0 Å². The zero-order chi connectivity index (χ0) is 12.7. The Balaban J connectivity index is 2.48. The number of piperazine rings is 1. The number of likely N-dealkylation sites (N-methyl/N-ethyl adjacent to an activating group) is 3. The highest BCUT2D eigenvalue weighted by Crippen LogP contribution is 2.14. The molecule has 0 amide bonds. The Kier molecular flexibility index (Phi) is 7.04. The highest BCUT2D eigenvalue weighted by molar-refractivity contribution is 4.88. The summed E-state index contributed by atoms with van der Waals surface area (Å²) in [7, 11) is 6.25. The summed E-state index contributed by atoms with van der Waals surface area (Å²) in [5.74, 6) is 0. The Bertz CT molecular complexity index is 201. The molecule has 1 aliphatic heterocycles. The molecule has 102 valence electrons. The van der Waals surface area contributed by atoms with E-state index in [2.05, 4.69) is 36.1 Å². The van der Waals surface area contributed by atoms with E-state index in [1.807, 2.05) is 0 Å². The van der Waals surface area contributed by atoms with Gasteiger partial charge in [0.05, 0.1) is 0 Å². The van der Waals surface area contributed by atoms with Gasteiger partial charge in [-0.05, 0) is 33.5 Å². The molecule has 17 heavy (non-hydrogen) atoms. The van der Waals surface area contributed by atoms with Crippen LogP contribution in [0.15, 0.2) is 0 Å². The number of hydrogen-bond donors (Lipinski definition) is 1. The van der Waals surface area contributed by atoms with Gasteiger partial charge in [-0.3, -0.25) is 4.90 Å². The van der Waals surface area contributed by atoms with Gasteiger partial charge < -0.3 is 15.0 Å². The van der Waals surface area contributed by atoms with Gasteiger partial charge in [-0.25, -0.2) is 0 Å². The molecule has 1 rings (SSSR count). The van der Waals surface area contributed by atoms with Crippen LogP contribution in [-0.4, -0.2) is 75.9 Å². The number of nitrogens with one attached hydrogen (secondary N) is 1. The molecule has 1 N–H and O–H groups in total. The van der Waals surface area contributed by atoms with Gasteiger partial charge in [-0.2, -0.15) is 0 Å². The molecular weight excluding hydrogens is 214 g/mol. The maximum atomic E-state index is 5.15. The second-order valence-electron chi connectivity index (χ2n) is 5.11. The molecule has 0 bridgehead atoms. The average molecular weight is 243 g/mol. The molecule has 0 aromatic rings. The van der Waals surface area contributed by atoms with Crippen LogP contribution < -0.4 is 5.32 Å². The van der Waals surface area contributed by atoms with Crippen molar-refractivity contribution >= 4 is 0 Å². The maximum Gasteiger partial charge on any atom is 0.0462 e. The molecule has 0 radical (unpaired) electrons. The first-order valence-electron chi connectivity index (χ1n) is 6.80. The Morgan fingerprint density at radius 1 is 1.35 bits per heavy atom. The van der Waals surface area contributed by atoms with Crippen molar-refractivity contribution in [1.82, 2.24) is 15.1 Å². The van der Waals surface area contributed by atoms with Crippen LogP contribution in [0.1, 0.15) is 19.8 Å². The molecule has 0 aromatic heterocycles. The van der Waals surface area contributed by atoms with Gasteiger partial charge in [0.1, 0.15) is 0 Å². The molecule has 1 saturated heterocycles. The summed E-state index contributed by atoms with van der Waals surface area (Å²) < 4.78 is 5.15. The topological polar surface area (TPSA) is 27.7 Å². The highest BCUT2D eigenvalue weighted by atomic mass is 16.5. The first-order chi connectivity index (χ1) is 8.19. The number of hydrogen-bond acceptors (Lipinski definition) is 4. The van der Waals surface area contributed by atoms with E-state index in [1.54, 1.807) is 7.11 Å². The van der Waals surface area contributed by atoms with Crippen molar-refractivity contribution in [3.63, 3.8) is 0 Å². The Morgan fingerprint density at radius 3 is 2.76 bits per heavy atom. The van der Waals surface area contributed by atoms with Crippen molar-refractivity contribution < 1.29 is 4.74 Å². The van der Waals surface area contributed by atoms with Crippen molar-refractivity contribution in [2.24, 2.45) is 0 Å². The molecule has 2 unspecified atom stereocenters. The number of nitrogens with zero attached hydrogens (tertiary/aromatic N) is 2. The van der Waals surface area contributed by atoms with Crippen molar-refractivity contribution in [2.75, 3.05) is 54.0 Å². The minimum Gasteiger partial charge on any atom is -0.385 e. The lowest BCUT2D eigenvalue weighted by molar-refractivity contribution is 0.0818. The van der Waals surface area contributed by atoms with Crippen LogP contribution >= 0.6 is 0 Å². The largest absolute Gasteiger partial charge is 0.385 e. The summed E-state index contributed by atoms with van der Waals surface area (Å²) in [6.45, 7) is 7.63. The fourth-order valence-electron chi connectivity index (χ4n) is 2.62. The fraction of sp³-hybridized carbons (Fsp3) is 1.00. The van der Waals surface area contributed by atoms with Crippen LogP contribution in [-0.2, 0) is 4.74 Å². The summed E-state index contributed by atoms with van der Waals surface area (Å²) in [4.78, 5) is 4.94. The van der Waals surface area contributed by atoms with Crippen molar-refractivity contribution in [3.8, 4) is 0 Å². The van der Waals surface area contributed by atoms with Gasteiger partial charge in [0.2, 0.25) is 0 Å². The van der Waals surface area contributed by atoms with Gasteiger partial charge >= 0.3 is 0 Å². The third kappa shape index (κ3) is 4.92. The quantitative estimate of drug-likeness (QED) is 0.664. The zero-order valence-corrected chi connectivity index (χ0v) is 11.9. The molecule has 1 fully saturated rings. The molecule has 0 saturated carbocycles. The fourth-order valence-corrected chi connectivity index (χ4v) is 2.62. The smallest absolute Gasteiger partial charge is 0.0462 e. The highest BCUT2D eigenvalue weighted by Gasteiger charge is 2.28. The summed E-state index contributed by atoms with van der Waals surface area (Å²) in [5, 5.41) is 3.64. The van der Waals surface area contributed by atoms with Gasteiger partial charge in [-0.15, -0.1) is 0 Å². The molecule has 4 heteroatoms. The first-order valence-corrected chi connectivity index (χ1v) is 6.80. The maximum absolute atomic E-state index is 5.15. The van der Waals surface area contributed by atoms with Gasteiger partial charge in [-0.1, -0.05) is 6.92 Å². The van der Waals surface area contributed by atoms with E-state index in [4.69, 9.17) is 4.74 Å². The average Bonchev–Trinajstić information content (AvgIpc) is 2.32. The lowest BCUT2D eigenvalue weighted by Crippen LogP contribution is -2.58. The van der Waals surface area contributed by atoms with Crippen LogP contribution in [0.5, 0.6) is 0 Å². The van der Waals surface area contributed by atoms with E-state index in [1.165, 1.54) is 26.1 Å². The Labute approximate surface area is 106 Å². The van der Waals surface area contributed by atoms with E-state index in [9.17, 15) is 0 Å². The van der Waals surface area contributed by atoms with Crippen LogP contribution in [0.4, 0.5) is 0 Å². The van der Waals surface area contributed by atoms with Crippen LogP contribution in [0, 0.1) is 0 Å². The van der Waals surface area contributed by atoms with Crippen molar-refractivity contribution in [1.29, 1.82) is 0 Å². The molecule has 2 atom stereocenters. The van der Waals surface area contributed by atoms with E-state index < -0.39 is 0 Å². The lowest BCUT2D eigenvalue weighted by atomic mass is 9.99. The van der Waals surface area contributed by atoms with Gasteiger partial charge in [0, 0.05) is 45.4 Å². The molecule has 1 aliphatic rings. The minimum atomic E-state index is 0.586. The molecule has 1 heterocycles. The van der Waals surface area contributed by atoms with Gasteiger partial charge in [0.15, 0.2) is 0 Å². The van der Waals surface area contributed by atoms with E-state index in [0.29, 0.717) is 12.1 Å². The summed E-state index contributed by atoms with van der Waals surface area (Å²) in [6, 6.07) is 1.22. The first kappa shape index (κ1) is 14.9.